The second-order valence-electron chi connectivity index (χ2n) is 4.10. The van der Waals surface area contributed by atoms with E-state index in [1.807, 2.05) is 24.3 Å². The summed E-state index contributed by atoms with van der Waals surface area (Å²) in [5.74, 6) is 0.227. The van der Waals surface area contributed by atoms with Crippen molar-refractivity contribution in [2.24, 2.45) is 0 Å². The number of amides is 1. The monoisotopic (exact) mass is 201 g/mol. The van der Waals surface area contributed by atoms with Crippen LogP contribution in [0.1, 0.15) is 28.8 Å². The van der Waals surface area contributed by atoms with E-state index in [4.69, 9.17) is 0 Å². The van der Waals surface area contributed by atoms with E-state index in [-0.39, 0.29) is 17.7 Å². The number of nitrogens with zero attached hydrogens (tertiary/aromatic N) is 1. The summed E-state index contributed by atoms with van der Waals surface area (Å²) >= 11 is 0. The fraction of sp³-hybridized carbons (Fsp3) is 0.333. The lowest BCUT2D eigenvalue weighted by molar-refractivity contribution is -0.129. The molecule has 1 fully saturated rings. The van der Waals surface area contributed by atoms with Crippen LogP contribution in [-0.4, -0.2) is 22.6 Å². The summed E-state index contributed by atoms with van der Waals surface area (Å²) in [5, 5.41) is 0. The lowest BCUT2D eigenvalue weighted by Gasteiger charge is -2.30. The zero-order valence-electron chi connectivity index (χ0n) is 8.27. The molecule has 0 radical (unpaired) electrons. The van der Waals surface area contributed by atoms with Gasteiger partial charge in [-0.3, -0.25) is 9.59 Å². The normalized spacial score (nSPS) is 24.0. The van der Waals surface area contributed by atoms with Crippen LogP contribution in [0.2, 0.25) is 0 Å². The first-order valence-corrected chi connectivity index (χ1v) is 5.19. The second-order valence-corrected chi connectivity index (χ2v) is 4.10. The number of rotatable bonds is 0. The molecule has 15 heavy (non-hydrogen) atoms. The average Bonchev–Trinajstić information content (AvgIpc) is 2.62. The Bertz CT molecular complexity index is 453. The molecule has 1 aromatic rings. The molecule has 2 heterocycles. The topological polar surface area (TPSA) is 37.4 Å². The van der Waals surface area contributed by atoms with Gasteiger partial charge in [0, 0.05) is 18.5 Å². The first kappa shape index (κ1) is 8.65. The molecule has 3 rings (SSSR count). The number of benzene rings is 1. The second kappa shape index (κ2) is 2.92. The number of carbonyl (C=O) groups excluding carboxylic acids is 2. The van der Waals surface area contributed by atoms with Crippen molar-refractivity contribution in [2.75, 3.05) is 0 Å². The van der Waals surface area contributed by atoms with Gasteiger partial charge < -0.3 is 4.90 Å². The van der Waals surface area contributed by atoms with Crippen LogP contribution in [0, 0.1) is 0 Å². The van der Waals surface area contributed by atoms with Gasteiger partial charge in [0.2, 0.25) is 5.91 Å². The zero-order valence-corrected chi connectivity index (χ0v) is 8.27. The van der Waals surface area contributed by atoms with E-state index in [0.29, 0.717) is 19.4 Å². The summed E-state index contributed by atoms with van der Waals surface area (Å²) in [5.41, 5.74) is 1.78. The van der Waals surface area contributed by atoms with Gasteiger partial charge in [0.15, 0.2) is 5.78 Å². The Morgan fingerprint density at radius 1 is 1.20 bits per heavy atom. The minimum atomic E-state index is -0.188. The van der Waals surface area contributed by atoms with E-state index >= 15 is 0 Å². The Kier molecular flexibility index (Phi) is 1.69. The Morgan fingerprint density at radius 3 is 2.87 bits per heavy atom. The molecule has 76 valence electrons. The highest BCUT2D eigenvalue weighted by atomic mass is 16.2. The molecule has 2 aliphatic rings. The third-order valence-electron chi connectivity index (χ3n) is 3.25. The molecule has 2 aliphatic heterocycles. The van der Waals surface area contributed by atoms with Crippen molar-refractivity contribution < 1.29 is 9.59 Å². The maximum Gasteiger partial charge on any atom is 0.223 e. The molecule has 0 unspecified atom stereocenters. The Morgan fingerprint density at radius 2 is 2.00 bits per heavy atom. The Labute approximate surface area is 87.7 Å². The van der Waals surface area contributed by atoms with E-state index in [1.165, 1.54) is 0 Å². The molecule has 0 aromatic heterocycles. The number of fused-ring (bicyclic) bond motifs is 2. The van der Waals surface area contributed by atoms with E-state index in [2.05, 4.69) is 0 Å². The van der Waals surface area contributed by atoms with Crippen LogP contribution in [0.25, 0.3) is 0 Å². The van der Waals surface area contributed by atoms with Gasteiger partial charge in [-0.25, -0.2) is 0 Å². The highest BCUT2D eigenvalue weighted by Gasteiger charge is 2.40. The molecule has 0 bridgehead atoms. The van der Waals surface area contributed by atoms with Crippen LogP contribution in [0.5, 0.6) is 0 Å². The quantitative estimate of drug-likeness (QED) is 0.635. The van der Waals surface area contributed by atoms with Crippen molar-refractivity contribution in [3.8, 4) is 0 Å². The molecule has 1 aromatic carbocycles. The van der Waals surface area contributed by atoms with Gasteiger partial charge >= 0.3 is 0 Å². The van der Waals surface area contributed by atoms with Crippen molar-refractivity contribution in [3.63, 3.8) is 0 Å². The number of carbonyl (C=O) groups is 2. The summed E-state index contributed by atoms with van der Waals surface area (Å²) in [4.78, 5) is 25.3. The van der Waals surface area contributed by atoms with Gasteiger partial charge in [-0.15, -0.1) is 0 Å². The molecule has 0 saturated carbocycles. The maximum absolute atomic E-state index is 12.0. The lowest BCUT2D eigenvalue weighted by Crippen LogP contribution is -2.42. The first-order valence-electron chi connectivity index (χ1n) is 5.19. The van der Waals surface area contributed by atoms with E-state index < -0.39 is 0 Å². The van der Waals surface area contributed by atoms with Crippen molar-refractivity contribution in [1.29, 1.82) is 0 Å². The largest absolute Gasteiger partial charge is 0.328 e. The van der Waals surface area contributed by atoms with Gasteiger partial charge in [0.25, 0.3) is 0 Å². The minimum absolute atomic E-state index is 0.114. The van der Waals surface area contributed by atoms with Gasteiger partial charge in [0.1, 0.15) is 0 Å². The molecule has 3 nitrogen and oxygen atoms in total. The molecule has 0 spiro atoms. The molecule has 1 saturated heterocycles. The summed E-state index contributed by atoms with van der Waals surface area (Å²) in [6.07, 6.45) is 1.20. The third-order valence-corrected chi connectivity index (χ3v) is 3.25. The predicted octanol–water partition coefficient (Wildman–Crippen LogP) is 1.37. The lowest BCUT2D eigenvalue weighted by atomic mass is 9.93. The van der Waals surface area contributed by atoms with E-state index in [9.17, 15) is 9.59 Å². The van der Waals surface area contributed by atoms with Crippen molar-refractivity contribution in [2.45, 2.75) is 25.4 Å². The van der Waals surface area contributed by atoms with Gasteiger partial charge in [-0.2, -0.15) is 0 Å². The number of hydrogen-bond donors (Lipinski definition) is 0. The summed E-state index contributed by atoms with van der Waals surface area (Å²) in [6.45, 7) is 0.603. The summed E-state index contributed by atoms with van der Waals surface area (Å²) in [6, 6.07) is 7.38. The smallest absolute Gasteiger partial charge is 0.223 e. The van der Waals surface area contributed by atoms with Crippen molar-refractivity contribution in [1.82, 2.24) is 4.90 Å². The highest BCUT2D eigenvalue weighted by molar-refractivity contribution is 6.05. The SMILES string of the molecule is O=C1c2ccccc2CN2C(=O)CC[C@@H]12. The molecular weight excluding hydrogens is 190 g/mol. The number of Topliss-reactive ketones (excluding diaryl/α,β-unsaturated/α-hetero) is 1. The van der Waals surface area contributed by atoms with Crippen LogP contribution in [-0.2, 0) is 11.3 Å². The average molecular weight is 201 g/mol. The van der Waals surface area contributed by atoms with Crippen LogP contribution in [0.15, 0.2) is 24.3 Å². The molecule has 0 aliphatic carbocycles. The Balaban J connectivity index is 2.10. The Hall–Kier alpha value is -1.64. The van der Waals surface area contributed by atoms with Gasteiger partial charge in [0.05, 0.1) is 6.04 Å². The standard InChI is InChI=1S/C12H11NO2/c14-11-6-5-10-12(15)9-4-2-1-3-8(9)7-13(10)11/h1-4,10H,5-7H2/t10-/m0/s1. The van der Waals surface area contributed by atoms with Crippen LogP contribution < -0.4 is 0 Å². The third kappa shape index (κ3) is 1.12. The van der Waals surface area contributed by atoms with Crippen molar-refractivity contribution >= 4 is 11.7 Å². The fourth-order valence-electron chi connectivity index (χ4n) is 2.47. The van der Waals surface area contributed by atoms with Crippen molar-refractivity contribution in [3.05, 3.63) is 35.4 Å². The number of ketones is 1. The maximum atomic E-state index is 12.0. The van der Waals surface area contributed by atoms with Gasteiger partial charge in [-0.1, -0.05) is 24.3 Å². The van der Waals surface area contributed by atoms with Crippen LogP contribution >= 0.6 is 0 Å². The molecule has 3 heteroatoms. The number of hydrogen-bond acceptors (Lipinski definition) is 2. The predicted molar refractivity (Wildman–Crippen MR) is 54.3 cm³/mol. The molecule has 0 N–H and O–H groups in total. The summed E-state index contributed by atoms with van der Waals surface area (Å²) < 4.78 is 0. The zero-order chi connectivity index (χ0) is 10.4. The summed E-state index contributed by atoms with van der Waals surface area (Å²) in [7, 11) is 0. The minimum Gasteiger partial charge on any atom is -0.328 e. The highest BCUT2D eigenvalue weighted by Crippen LogP contribution is 2.30. The fourth-order valence-corrected chi connectivity index (χ4v) is 2.47. The molecule has 1 atom stereocenters. The molecule has 1 amide bonds. The first-order chi connectivity index (χ1) is 7.27. The van der Waals surface area contributed by atoms with E-state index in [1.54, 1.807) is 4.90 Å². The van der Waals surface area contributed by atoms with E-state index in [0.717, 1.165) is 11.1 Å². The molecular formula is C12H11NO2. The van der Waals surface area contributed by atoms with Gasteiger partial charge in [-0.05, 0) is 12.0 Å². The van der Waals surface area contributed by atoms with Crippen LogP contribution in [0.3, 0.4) is 0 Å². The van der Waals surface area contributed by atoms with Crippen LogP contribution in [0.4, 0.5) is 0 Å².